The molecule has 0 aromatic heterocycles. The third-order valence-corrected chi connectivity index (χ3v) is 3.18. The van der Waals surface area contributed by atoms with Crippen LogP contribution in [0.25, 0.3) is 0 Å². The van der Waals surface area contributed by atoms with Crippen molar-refractivity contribution < 1.29 is 19.6 Å². The zero-order valence-corrected chi connectivity index (χ0v) is 14.7. The van der Waals surface area contributed by atoms with Gasteiger partial charge in [0.2, 0.25) is 0 Å². The van der Waals surface area contributed by atoms with Gasteiger partial charge < -0.3 is 15.2 Å². The van der Waals surface area contributed by atoms with Gasteiger partial charge in [-0.3, -0.25) is 14.9 Å². The fourth-order valence-electron chi connectivity index (χ4n) is 2.16. The minimum Gasteiger partial charge on any atom is -0.507 e. The molecule has 25 heavy (non-hydrogen) atoms. The van der Waals surface area contributed by atoms with Crippen molar-refractivity contribution in [1.82, 2.24) is 5.32 Å². The van der Waals surface area contributed by atoms with E-state index in [1.807, 2.05) is 27.7 Å². The van der Waals surface area contributed by atoms with Crippen LogP contribution in [0.5, 0.6) is 17.2 Å². The molecule has 0 saturated heterocycles. The van der Waals surface area contributed by atoms with Gasteiger partial charge in [0.05, 0.1) is 10.5 Å². The van der Waals surface area contributed by atoms with Crippen LogP contribution in [0.3, 0.4) is 0 Å². The van der Waals surface area contributed by atoms with Gasteiger partial charge in [0.15, 0.2) is 0 Å². The van der Waals surface area contributed by atoms with Crippen LogP contribution in [0.1, 0.15) is 43.6 Å². The summed E-state index contributed by atoms with van der Waals surface area (Å²) in [6.45, 7) is 8.27. The number of amides is 1. The number of nitro groups is 1. The molecule has 3 rings (SSSR count). The van der Waals surface area contributed by atoms with Crippen LogP contribution in [-0.4, -0.2) is 15.9 Å². The van der Waals surface area contributed by atoms with E-state index in [0.29, 0.717) is 17.1 Å². The largest absolute Gasteiger partial charge is 0.507 e. The topological polar surface area (TPSA) is 102 Å². The summed E-state index contributed by atoms with van der Waals surface area (Å²) in [5, 5.41) is 22.9. The number of hydrogen-bond donors (Lipinski definition) is 2. The highest BCUT2D eigenvalue weighted by atomic mass is 16.6. The molecule has 0 spiro atoms. The van der Waals surface area contributed by atoms with Gasteiger partial charge in [0, 0.05) is 24.2 Å². The van der Waals surface area contributed by atoms with E-state index in [0.717, 1.165) is 0 Å². The average molecular weight is 346 g/mol. The van der Waals surface area contributed by atoms with Gasteiger partial charge in [-0.2, -0.15) is 0 Å². The van der Waals surface area contributed by atoms with Gasteiger partial charge in [-0.1, -0.05) is 27.7 Å². The van der Waals surface area contributed by atoms with Crippen LogP contribution in [-0.2, 0) is 6.54 Å². The molecule has 0 bridgehead atoms. The van der Waals surface area contributed by atoms with Crippen molar-refractivity contribution in [2.24, 2.45) is 0 Å². The maximum atomic E-state index is 11.6. The lowest BCUT2D eigenvalue weighted by atomic mass is 10.1. The van der Waals surface area contributed by atoms with Crippen molar-refractivity contribution >= 4 is 11.6 Å². The average Bonchev–Trinajstić information content (AvgIpc) is 3.04. The summed E-state index contributed by atoms with van der Waals surface area (Å²) in [6, 6.07) is 8.54. The Labute approximate surface area is 146 Å². The number of nitrogens with one attached hydrogen (secondary N) is 1. The molecule has 7 nitrogen and oxygen atoms in total. The van der Waals surface area contributed by atoms with Gasteiger partial charge in [0.25, 0.3) is 11.6 Å². The molecule has 2 aromatic rings. The van der Waals surface area contributed by atoms with E-state index < -0.39 is 4.92 Å². The molecule has 0 aliphatic carbocycles. The van der Waals surface area contributed by atoms with Crippen molar-refractivity contribution in [2.45, 2.75) is 34.2 Å². The molecule has 0 atom stereocenters. The normalized spacial score (nSPS) is 11.1. The monoisotopic (exact) mass is 346 g/mol. The number of phenols is 1. The Morgan fingerprint density at radius 1 is 1.08 bits per heavy atom. The van der Waals surface area contributed by atoms with E-state index in [2.05, 4.69) is 5.32 Å². The Hall–Kier alpha value is -3.09. The first-order chi connectivity index (χ1) is 12.1. The Balaban J connectivity index is 0.000000730. The second kappa shape index (κ2) is 9.27. The van der Waals surface area contributed by atoms with E-state index in [1.54, 1.807) is 6.07 Å². The van der Waals surface area contributed by atoms with Gasteiger partial charge >= 0.3 is 0 Å². The number of aromatic hydroxyl groups is 1. The lowest BCUT2D eigenvalue weighted by molar-refractivity contribution is -0.384. The van der Waals surface area contributed by atoms with Crippen molar-refractivity contribution in [1.29, 1.82) is 0 Å². The lowest BCUT2D eigenvalue weighted by Crippen LogP contribution is -2.12. The van der Waals surface area contributed by atoms with Crippen LogP contribution < -0.4 is 10.1 Å². The van der Waals surface area contributed by atoms with Gasteiger partial charge in [-0.05, 0) is 24.3 Å². The molecule has 1 amide bonds. The molecule has 1 aliphatic heterocycles. The summed E-state index contributed by atoms with van der Waals surface area (Å²) in [5.74, 6) is 0.385. The number of benzene rings is 2. The summed E-state index contributed by atoms with van der Waals surface area (Å²) in [7, 11) is 0. The van der Waals surface area contributed by atoms with E-state index in [4.69, 9.17) is 4.74 Å². The second-order valence-electron chi connectivity index (χ2n) is 4.47. The van der Waals surface area contributed by atoms with Gasteiger partial charge in [0.1, 0.15) is 17.2 Å². The van der Waals surface area contributed by atoms with Crippen LogP contribution in [0.15, 0.2) is 36.4 Å². The Morgan fingerprint density at radius 2 is 1.68 bits per heavy atom. The first-order valence-corrected chi connectivity index (χ1v) is 8.11. The Morgan fingerprint density at radius 3 is 2.24 bits per heavy atom. The minimum absolute atomic E-state index is 0.0323. The highest BCUT2D eigenvalue weighted by molar-refractivity contribution is 6.01. The predicted molar refractivity (Wildman–Crippen MR) is 95.1 cm³/mol. The van der Waals surface area contributed by atoms with Crippen molar-refractivity contribution in [3.05, 3.63) is 57.6 Å². The number of non-ortho nitro benzene ring substituents is 1. The lowest BCUT2D eigenvalue weighted by Gasteiger charge is -2.10. The summed E-state index contributed by atoms with van der Waals surface area (Å²) in [4.78, 5) is 21.7. The SMILES string of the molecule is CC.CC.O=C1NCc2c(Oc3ccc([N+](=O)[O-])cc3)ccc(O)c21. The molecule has 1 heterocycles. The number of carbonyl (C=O) groups is 1. The molecule has 0 saturated carbocycles. The third-order valence-electron chi connectivity index (χ3n) is 3.18. The molecular weight excluding hydrogens is 324 g/mol. The van der Waals surface area contributed by atoms with Crippen LogP contribution >= 0.6 is 0 Å². The number of nitro benzene ring substituents is 1. The Bertz CT molecular complexity index is 742. The van der Waals surface area contributed by atoms with Gasteiger partial charge in [-0.15, -0.1) is 0 Å². The fraction of sp³-hybridized carbons (Fsp3) is 0.278. The maximum absolute atomic E-state index is 11.6. The van der Waals surface area contributed by atoms with Crippen molar-refractivity contribution in [2.75, 3.05) is 0 Å². The first kappa shape index (κ1) is 20.0. The molecule has 1 aliphatic rings. The number of rotatable bonds is 3. The standard InChI is InChI=1S/C14H10N2O5.2C2H6/c17-11-5-6-12(10-7-15-14(18)13(10)11)21-9-3-1-8(2-4-9)16(19)20;2*1-2/h1-6,17H,7H2,(H,15,18);2*1-2H3. The molecule has 7 heteroatoms. The third kappa shape index (κ3) is 4.47. The minimum atomic E-state index is -0.495. The van der Waals surface area contributed by atoms with Gasteiger partial charge in [-0.25, -0.2) is 0 Å². The fourth-order valence-corrected chi connectivity index (χ4v) is 2.16. The van der Waals surface area contributed by atoms with Crippen molar-refractivity contribution in [3.8, 4) is 17.2 Å². The van der Waals surface area contributed by atoms with Crippen LogP contribution in [0, 0.1) is 10.1 Å². The quantitative estimate of drug-likeness (QED) is 0.634. The molecule has 2 aromatic carbocycles. The van der Waals surface area contributed by atoms with Crippen LogP contribution in [0.2, 0.25) is 0 Å². The summed E-state index contributed by atoms with van der Waals surface area (Å²) >= 11 is 0. The number of phenolic OH excluding ortho intramolecular Hbond substituents is 1. The summed E-state index contributed by atoms with van der Waals surface area (Å²) < 4.78 is 5.63. The predicted octanol–water partition coefficient (Wildman–Crippen LogP) is 4.39. The first-order valence-electron chi connectivity index (χ1n) is 8.11. The second-order valence-corrected chi connectivity index (χ2v) is 4.47. The van der Waals surface area contributed by atoms with E-state index in [1.165, 1.54) is 30.3 Å². The van der Waals surface area contributed by atoms with E-state index >= 15 is 0 Å². The number of ether oxygens (including phenoxy) is 1. The number of nitrogens with zero attached hydrogens (tertiary/aromatic N) is 1. The van der Waals surface area contributed by atoms with E-state index in [-0.39, 0.29) is 29.5 Å². The zero-order valence-electron chi connectivity index (χ0n) is 14.7. The summed E-state index contributed by atoms with van der Waals surface area (Å²) in [6.07, 6.45) is 0. The highest BCUT2D eigenvalue weighted by Gasteiger charge is 2.26. The maximum Gasteiger partial charge on any atom is 0.269 e. The molecule has 0 fully saturated rings. The molecule has 0 unspecified atom stereocenters. The molecule has 0 radical (unpaired) electrons. The Kier molecular flexibility index (Phi) is 7.40. The number of carbonyl (C=O) groups excluding carboxylic acids is 1. The van der Waals surface area contributed by atoms with E-state index in [9.17, 15) is 20.0 Å². The number of hydrogen-bond acceptors (Lipinski definition) is 5. The van der Waals surface area contributed by atoms with Crippen LogP contribution in [0.4, 0.5) is 5.69 Å². The zero-order chi connectivity index (χ0) is 19.0. The molecular formula is C18H22N2O5. The van der Waals surface area contributed by atoms with Crippen molar-refractivity contribution in [3.63, 3.8) is 0 Å². The smallest absolute Gasteiger partial charge is 0.269 e. The highest BCUT2D eigenvalue weighted by Crippen LogP contribution is 2.35. The number of fused-ring (bicyclic) bond motifs is 1. The molecule has 2 N–H and O–H groups in total. The summed E-state index contributed by atoms with van der Waals surface area (Å²) in [5.41, 5.74) is 0.739. The molecule has 134 valence electrons.